The second-order valence-electron chi connectivity index (χ2n) is 12.3. The molecule has 0 radical (unpaired) electrons. The van der Waals surface area contributed by atoms with Gasteiger partial charge in [0.1, 0.15) is 11.5 Å². The molecular formula is C28H42O. The standard InChI is InChI=1S/C28H42O/c1-25(2,3)19-27(7,8)21-15-11-13-17-23(21)29-24-18-14-12-16-22(24)28(9,10)20-26(4,5)6/h11-18H,19-20H2,1-10H3. The zero-order chi connectivity index (χ0) is 22.1. The van der Waals surface area contributed by atoms with Gasteiger partial charge in [0.05, 0.1) is 0 Å². The number of para-hydroxylation sites is 2. The zero-order valence-electron chi connectivity index (χ0n) is 20.4. The largest absolute Gasteiger partial charge is 0.457 e. The molecule has 0 N–H and O–H groups in total. The third-order valence-electron chi connectivity index (χ3n) is 5.40. The van der Waals surface area contributed by atoms with Crippen LogP contribution in [0.3, 0.4) is 0 Å². The second-order valence-corrected chi connectivity index (χ2v) is 12.3. The van der Waals surface area contributed by atoms with E-state index in [1.54, 1.807) is 0 Å². The van der Waals surface area contributed by atoms with Crippen LogP contribution in [-0.4, -0.2) is 0 Å². The maximum Gasteiger partial charge on any atom is 0.131 e. The van der Waals surface area contributed by atoms with Crippen molar-refractivity contribution in [2.75, 3.05) is 0 Å². The summed E-state index contributed by atoms with van der Waals surface area (Å²) in [5.74, 6) is 1.95. The molecule has 1 heteroatoms. The second kappa shape index (κ2) is 8.17. The van der Waals surface area contributed by atoms with Crippen LogP contribution in [0, 0.1) is 10.8 Å². The van der Waals surface area contributed by atoms with E-state index in [0.29, 0.717) is 0 Å². The summed E-state index contributed by atoms with van der Waals surface area (Å²) in [6.45, 7) is 23.2. The number of ether oxygens (including phenoxy) is 1. The summed E-state index contributed by atoms with van der Waals surface area (Å²) in [7, 11) is 0. The van der Waals surface area contributed by atoms with Crippen molar-refractivity contribution in [1.82, 2.24) is 0 Å². The molecule has 0 heterocycles. The minimum Gasteiger partial charge on any atom is -0.457 e. The van der Waals surface area contributed by atoms with E-state index < -0.39 is 0 Å². The number of hydrogen-bond acceptors (Lipinski definition) is 1. The predicted molar refractivity (Wildman–Crippen MR) is 127 cm³/mol. The van der Waals surface area contributed by atoms with Crippen molar-refractivity contribution in [3.63, 3.8) is 0 Å². The van der Waals surface area contributed by atoms with Crippen molar-refractivity contribution < 1.29 is 4.74 Å². The Kier molecular flexibility index (Phi) is 6.62. The number of benzene rings is 2. The Bertz CT molecular complexity index is 743. The molecule has 0 amide bonds. The van der Waals surface area contributed by atoms with Crippen LogP contribution in [0.2, 0.25) is 0 Å². The quantitative estimate of drug-likeness (QED) is 0.475. The molecule has 2 rings (SSSR count). The third kappa shape index (κ3) is 6.63. The van der Waals surface area contributed by atoms with Gasteiger partial charge in [-0.05, 0) is 46.6 Å². The maximum atomic E-state index is 6.64. The first kappa shape index (κ1) is 23.5. The van der Waals surface area contributed by atoms with E-state index in [9.17, 15) is 0 Å². The molecule has 0 aliphatic carbocycles. The van der Waals surface area contributed by atoms with E-state index in [0.717, 1.165) is 24.3 Å². The van der Waals surface area contributed by atoms with Crippen LogP contribution in [0.15, 0.2) is 48.5 Å². The molecule has 2 aromatic rings. The van der Waals surface area contributed by atoms with E-state index in [4.69, 9.17) is 4.74 Å². The normalized spacial score (nSPS) is 13.4. The van der Waals surface area contributed by atoms with E-state index in [1.165, 1.54) is 11.1 Å². The molecule has 29 heavy (non-hydrogen) atoms. The summed E-state index contributed by atoms with van der Waals surface area (Å²) in [5, 5.41) is 0. The average Bonchev–Trinajstić information content (AvgIpc) is 2.51. The van der Waals surface area contributed by atoms with E-state index >= 15 is 0 Å². The molecule has 160 valence electrons. The predicted octanol–water partition coefficient (Wildman–Crippen LogP) is 8.91. The Morgan fingerprint density at radius 1 is 0.517 bits per heavy atom. The molecule has 1 nitrogen and oxygen atoms in total. The molecule has 0 fully saturated rings. The lowest BCUT2D eigenvalue weighted by molar-refractivity contribution is 0.274. The van der Waals surface area contributed by atoms with Gasteiger partial charge in [-0.3, -0.25) is 0 Å². The summed E-state index contributed by atoms with van der Waals surface area (Å²) in [6.07, 6.45) is 2.19. The highest BCUT2D eigenvalue weighted by Gasteiger charge is 2.32. The Morgan fingerprint density at radius 3 is 1.14 bits per heavy atom. The van der Waals surface area contributed by atoms with E-state index in [1.807, 2.05) is 0 Å². The Labute approximate surface area is 179 Å². The van der Waals surface area contributed by atoms with Gasteiger partial charge in [-0.25, -0.2) is 0 Å². The van der Waals surface area contributed by atoms with Gasteiger partial charge in [0.2, 0.25) is 0 Å². The first-order valence-electron chi connectivity index (χ1n) is 11.0. The summed E-state index contributed by atoms with van der Waals surface area (Å²) in [4.78, 5) is 0. The first-order chi connectivity index (χ1) is 13.1. The van der Waals surface area contributed by atoms with Crippen LogP contribution in [0.1, 0.15) is 93.2 Å². The van der Waals surface area contributed by atoms with Gasteiger partial charge >= 0.3 is 0 Å². The smallest absolute Gasteiger partial charge is 0.131 e. The van der Waals surface area contributed by atoms with Crippen molar-refractivity contribution in [1.29, 1.82) is 0 Å². The highest BCUT2D eigenvalue weighted by Crippen LogP contribution is 2.44. The lowest BCUT2D eigenvalue weighted by Crippen LogP contribution is -2.26. The van der Waals surface area contributed by atoms with Crippen LogP contribution < -0.4 is 4.74 Å². The topological polar surface area (TPSA) is 9.23 Å². The van der Waals surface area contributed by atoms with Crippen LogP contribution >= 0.6 is 0 Å². The molecule has 0 atom stereocenters. The minimum absolute atomic E-state index is 0.0325. The fraction of sp³-hybridized carbons (Fsp3) is 0.571. The van der Waals surface area contributed by atoms with Crippen molar-refractivity contribution in [3.8, 4) is 11.5 Å². The van der Waals surface area contributed by atoms with Crippen molar-refractivity contribution in [3.05, 3.63) is 59.7 Å². The maximum absolute atomic E-state index is 6.64. The molecule has 0 saturated heterocycles. The molecule has 0 aliphatic rings. The molecule has 0 aromatic heterocycles. The Balaban J connectivity index is 2.45. The van der Waals surface area contributed by atoms with E-state index in [-0.39, 0.29) is 21.7 Å². The van der Waals surface area contributed by atoms with Gasteiger partial charge in [-0.1, -0.05) is 106 Å². The fourth-order valence-electron chi connectivity index (χ4n) is 5.19. The Morgan fingerprint density at radius 2 is 0.828 bits per heavy atom. The van der Waals surface area contributed by atoms with Gasteiger partial charge in [-0.15, -0.1) is 0 Å². The Hall–Kier alpha value is -1.76. The number of rotatable bonds is 6. The summed E-state index contributed by atoms with van der Waals surface area (Å²) >= 11 is 0. The molecule has 0 unspecified atom stereocenters. The zero-order valence-corrected chi connectivity index (χ0v) is 20.4. The van der Waals surface area contributed by atoms with Gasteiger partial charge in [0, 0.05) is 11.1 Å². The van der Waals surface area contributed by atoms with Crippen LogP contribution in [0.4, 0.5) is 0 Å². The molecule has 0 aliphatic heterocycles. The third-order valence-corrected chi connectivity index (χ3v) is 5.40. The summed E-state index contributed by atoms with van der Waals surface area (Å²) in [6, 6.07) is 17.1. The molecular weight excluding hydrogens is 352 g/mol. The van der Waals surface area contributed by atoms with Crippen molar-refractivity contribution >= 4 is 0 Å². The van der Waals surface area contributed by atoms with Crippen LogP contribution in [-0.2, 0) is 10.8 Å². The molecule has 0 spiro atoms. The number of hydrogen-bond donors (Lipinski definition) is 0. The van der Waals surface area contributed by atoms with Crippen LogP contribution in [0.5, 0.6) is 11.5 Å². The van der Waals surface area contributed by atoms with Gasteiger partial charge in [0.25, 0.3) is 0 Å². The fourth-order valence-corrected chi connectivity index (χ4v) is 5.19. The van der Waals surface area contributed by atoms with Gasteiger partial charge < -0.3 is 4.74 Å². The van der Waals surface area contributed by atoms with Gasteiger partial charge in [0.15, 0.2) is 0 Å². The monoisotopic (exact) mass is 394 g/mol. The van der Waals surface area contributed by atoms with E-state index in [2.05, 4.69) is 118 Å². The van der Waals surface area contributed by atoms with Crippen molar-refractivity contribution in [2.45, 2.75) is 92.9 Å². The highest BCUT2D eigenvalue weighted by molar-refractivity contribution is 5.46. The molecule has 0 saturated carbocycles. The lowest BCUT2D eigenvalue weighted by atomic mass is 9.71. The molecule has 2 aromatic carbocycles. The summed E-state index contributed by atoms with van der Waals surface area (Å²) < 4.78 is 6.64. The average molecular weight is 395 g/mol. The first-order valence-corrected chi connectivity index (χ1v) is 11.0. The highest BCUT2D eigenvalue weighted by atomic mass is 16.5. The SMILES string of the molecule is CC(C)(C)CC(C)(C)c1ccccc1Oc1ccccc1C(C)(C)CC(C)(C)C. The molecule has 0 bridgehead atoms. The summed E-state index contributed by atoms with van der Waals surface area (Å²) in [5.41, 5.74) is 3.12. The van der Waals surface area contributed by atoms with Crippen molar-refractivity contribution in [2.24, 2.45) is 10.8 Å². The minimum atomic E-state index is 0.0325. The van der Waals surface area contributed by atoms with Gasteiger partial charge in [-0.2, -0.15) is 0 Å². The van der Waals surface area contributed by atoms with Crippen LogP contribution in [0.25, 0.3) is 0 Å². The lowest BCUT2D eigenvalue weighted by Gasteiger charge is -2.35.